The molecule has 3 nitrogen and oxygen atoms in total. The van der Waals surface area contributed by atoms with Crippen LogP contribution in [0.4, 0.5) is 4.39 Å². The van der Waals surface area contributed by atoms with E-state index in [9.17, 15) is 4.39 Å². The van der Waals surface area contributed by atoms with Gasteiger partial charge in [-0.25, -0.2) is 9.37 Å². The van der Waals surface area contributed by atoms with Crippen molar-refractivity contribution in [2.24, 2.45) is 0 Å². The van der Waals surface area contributed by atoms with Crippen LogP contribution in [0.1, 0.15) is 5.82 Å². The molecular formula is C14H11FN2O. The molecule has 0 fully saturated rings. The number of aromatic nitrogens is 2. The molecule has 4 heteroatoms. The van der Waals surface area contributed by atoms with Gasteiger partial charge < -0.3 is 9.72 Å². The molecule has 1 aromatic heterocycles. The smallest absolute Gasteiger partial charge is 0.193 e. The molecule has 0 saturated heterocycles. The first kappa shape index (κ1) is 10.8. The first-order chi connectivity index (χ1) is 8.74. The summed E-state index contributed by atoms with van der Waals surface area (Å²) in [6, 6.07) is 12.5. The average molecular weight is 242 g/mol. The number of H-pyrrole nitrogens is 1. The first-order valence-electron chi connectivity index (χ1n) is 5.62. The number of nitrogens with zero attached hydrogens (tertiary/aromatic N) is 1. The number of hydrogen-bond donors (Lipinski definition) is 1. The van der Waals surface area contributed by atoms with Gasteiger partial charge in [-0.15, -0.1) is 0 Å². The fraction of sp³-hybridized carbons (Fsp3) is 0.0714. The monoisotopic (exact) mass is 242 g/mol. The molecule has 0 aliphatic carbocycles. The number of nitrogens with one attached hydrogen (secondary N) is 1. The molecular weight excluding hydrogens is 231 g/mol. The highest BCUT2D eigenvalue weighted by Crippen LogP contribution is 2.28. The topological polar surface area (TPSA) is 37.9 Å². The van der Waals surface area contributed by atoms with E-state index in [1.54, 1.807) is 31.2 Å². The van der Waals surface area contributed by atoms with E-state index in [0.717, 1.165) is 0 Å². The van der Waals surface area contributed by atoms with Crippen molar-refractivity contribution in [3.63, 3.8) is 0 Å². The maximum Gasteiger partial charge on any atom is 0.193 e. The molecule has 1 N–H and O–H groups in total. The van der Waals surface area contributed by atoms with Crippen molar-refractivity contribution < 1.29 is 9.13 Å². The Kier molecular flexibility index (Phi) is 2.48. The van der Waals surface area contributed by atoms with Crippen LogP contribution in [-0.4, -0.2) is 9.97 Å². The number of benzene rings is 2. The third kappa shape index (κ3) is 1.82. The number of para-hydroxylation sites is 1. The van der Waals surface area contributed by atoms with Gasteiger partial charge in [-0.3, -0.25) is 0 Å². The molecule has 0 unspecified atom stereocenters. The van der Waals surface area contributed by atoms with Crippen LogP contribution in [0.5, 0.6) is 11.5 Å². The number of rotatable bonds is 2. The summed E-state index contributed by atoms with van der Waals surface area (Å²) in [5.74, 6) is 1.02. The van der Waals surface area contributed by atoms with E-state index in [0.29, 0.717) is 22.6 Å². The Morgan fingerprint density at radius 1 is 1.11 bits per heavy atom. The summed E-state index contributed by atoms with van der Waals surface area (Å²) in [7, 11) is 0. The van der Waals surface area contributed by atoms with Gasteiger partial charge in [0.15, 0.2) is 11.6 Å². The molecule has 0 radical (unpaired) electrons. The van der Waals surface area contributed by atoms with E-state index in [1.807, 2.05) is 18.2 Å². The third-order valence-corrected chi connectivity index (χ3v) is 2.65. The minimum atomic E-state index is -0.444. The molecule has 3 aromatic rings. The van der Waals surface area contributed by atoms with E-state index >= 15 is 0 Å². The Morgan fingerprint density at radius 2 is 1.89 bits per heavy atom. The lowest BCUT2D eigenvalue weighted by Crippen LogP contribution is -1.89. The molecule has 0 saturated carbocycles. The number of aryl methyl sites for hydroxylation is 1. The number of imidazole rings is 1. The van der Waals surface area contributed by atoms with Crippen LogP contribution in [0.15, 0.2) is 42.5 Å². The number of halogens is 1. The lowest BCUT2D eigenvalue weighted by Gasteiger charge is -2.06. The lowest BCUT2D eigenvalue weighted by molar-refractivity contribution is 0.445. The zero-order chi connectivity index (χ0) is 12.5. The van der Waals surface area contributed by atoms with Gasteiger partial charge in [-0.05, 0) is 31.2 Å². The van der Waals surface area contributed by atoms with Gasteiger partial charge >= 0.3 is 0 Å². The van der Waals surface area contributed by atoms with E-state index in [-0.39, 0.29) is 5.75 Å². The number of fused-ring (bicyclic) bond motifs is 1. The molecule has 0 bridgehead atoms. The van der Waals surface area contributed by atoms with Crippen molar-refractivity contribution in [2.45, 2.75) is 6.92 Å². The van der Waals surface area contributed by atoms with Gasteiger partial charge in [0.1, 0.15) is 17.1 Å². The van der Waals surface area contributed by atoms with Crippen LogP contribution < -0.4 is 4.74 Å². The minimum absolute atomic E-state index is 0.181. The van der Waals surface area contributed by atoms with Crippen molar-refractivity contribution in [1.29, 1.82) is 0 Å². The Morgan fingerprint density at radius 3 is 2.67 bits per heavy atom. The maximum absolute atomic E-state index is 14.2. The standard InChI is InChI=1S/C14H11FN2O/c1-9-16-11-7-8-12(13(15)14(11)17-9)18-10-5-3-2-4-6-10/h2-8H,1H3,(H,16,17). The van der Waals surface area contributed by atoms with Crippen molar-refractivity contribution in [3.8, 4) is 11.5 Å². The first-order valence-corrected chi connectivity index (χ1v) is 5.62. The number of hydrogen-bond acceptors (Lipinski definition) is 2. The Hall–Kier alpha value is -2.36. The second kappa shape index (κ2) is 4.14. The second-order valence-electron chi connectivity index (χ2n) is 4.01. The number of ether oxygens (including phenoxy) is 1. The molecule has 90 valence electrons. The highest BCUT2D eigenvalue weighted by atomic mass is 19.1. The fourth-order valence-corrected chi connectivity index (χ4v) is 1.84. The summed E-state index contributed by atoms with van der Waals surface area (Å²) < 4.78 is 19.7. The average Bonchev–Trinajstić information content (AvgIpc) is 2.76. The Balaban J connectivity index is 2.05. The molecule has 0 atom stereocenters. The SMILES string of the molecule is Cc1nc2c(F)c(Oc3ccccc3)ccc2[nH]1. The normalized spacial score (nSPS) is 10.8. The van der Waals surface area contributed by atoms with Crippen molar-refractivity contribution in [2.75, 3.05) is 0 Å². The van der Waals surface area contributed by atoms with Crippen LogP contribution in [0, 0.1) is 12.7 Å². The van der Waals surface area contributed by atoms with Crippen LogP contribution >= 0.6 is 0 Å². The van der Waals surface area contributed by atoms with Gasteiger partial charge in [0, 0.05) is 0 Å². The third-order valence-electron chi connectivity index (χ3n) is 2.65. The lowest BCUT2D eigenvalue weighted by atomic mass is 10.3. The van der Waals surface area contributed by atoms with Crippen molar-refractivity contribution in [1.82, 2.24) is 9.97 Å². The molecule has 18 heavy (non-hydrogen) atoms. The highest BCUT2D eigenvalue weighted by molar-refractivity contribution is 5.77. The van der Waals surface area contributed by atoms with E-state index < -0.39 is 5.82 Å². The summed E-state index contributed by atoms with van der Waals surface area (Å²) in [4.78, 5) is 7.09. The predicted molar refractivity (Wildman–Crippen MR) is 67.3 cm³/mol. The van der Waals surface area contributed by atoms with Crippen molar-refractivity contribution in [3.05, 3.63) is 54.1 Å². The van der Waals surface area contributed by atoms with Gasteiger partial charge in [-0.2, -0.15) is 0 Å². The van der Waals surface area contributed by atoms with Crippen LogP contribution in [-0.2, 0) is 0 Å². The molecule has 2 aromatic carbocycles. The molecule has 0 spiro atoms. The summed E-state index contributed by atoms with van der Waals surface area (Å²) >= 11 is 0. The maximum atomic E-state index is 14.2. The van der Waals surface area contributed by atoms with E-state index in [2.05, 4.69) is 9.97 Å². The largest absolute Gasteiger partial charge is 0.454 e. The van der Waals surface area contributed by atoms with Gasteiger partial charge in [-0.1, -0.05) is 18.2 Å². The van der Waals surface area contributed by atoms with Crippen molar-refractivity contribution >= 4 is 11.0 Å². The zero-order valence-electron chi connectivity index (χ0n) is 9.77. The summed E-state index contributed by atoms with van der Waals surface area (Å²) in [6.07, 6.45) is 0. The minimum Gasteiger partial charge on any atom is -0.454 e. The molecule has 1 heterocycles. The van der Waals surface area contributed by atoms with Gasteiger partial charge in [0.05, 0.1) is 5.52 Å². The summed E-state index contributed by atoms with van der Waals surface area (Å²) in [5.41, 5.74) is 0.978. The molecule has 0 aliphatic rings. The van der Waals surface area contributed by atoms with E-state index in [1.165, 1.54) is 0 Å². The van der Waals surface area contributed by atoms with Crippen LogP contribution in [0.2, 0.25) is 0 Å². The zero-order valence-corrected chi connectivity index (χ0v) is 9.77. The fourth-order valence-electron chi connectivity index (χ4n) is 1.84. The molecule has 3 rings (SSSR count). The van der Waals surface area contributed by atoms with Crippen LogP contribution in [0.3, 0.4) is 0 Å². The number of aromatic amines is 1. The predicted octanol–water partition coefficient (Wildman–Crippen LogP) is 3.80. The van der Waals surface area contributed by atoms with Crippen LogP contribution in [0.25, 0.3) is 11.0 Å². The Labute approximate surface area is 103 Å². The van der Waals surface area contributed by atoms with Gasteiger partial charge in [0.2, 0.25) is 0 Å². The summed E-state index contributed by atoms with van der Waals surface area (Å²) in [5, 5.41) is 0. The Bertz CT molecular complexity index is 692. The quantitative estimate of drug-likeness (QED) is 0.742. The second-order valence-corrected chi connectivity index (χ2v) is 4.01. The molecule has 0 amide bonds. The van der Waals surface area contributed by atoms with Gasteiger partial charge in [0.25, 0.3) is 0 Å². The van der Waals surface area contributed by atoms with E-state index in [4.69, 9.17) is 4.74 Å². The highest BCUT2D eigenvalue weighted by Gasteiger charge is 2.12. The molecule has 0 aliphatic heterocycles. The summed E-state index contributed by atoms with van der Waals surface area (Å²) in [6.45, 7) is 1.79.